The molecule has 1 saturated heterocycles. The molecule has 2 aromatic rings. The van der Waals surface area contributed by atoms with E-state index >= 15 is 0 Å². The molecule has 30 heavy (non-hydrogen) atoms. The molecule has 1 amide bonds. The van der Waals surface area contributed by atoms with Crippen molar-refractivity contribution in [3.8, 4) is 0 Å². The monoisotopic (exact) mass is 411 g/mol. The predicted octanol–water partition coefficient (Wildman–Crippen LogP) is 4.93. The van der Waals surface area contributed by atoms with Gasteiger partial charge in [-0.15, -0.1) is 0 Å². The van der Waals surface area contributed by atoms with Gasteiger partial charge in [-0.3, -0.25) is 14.9 Å². The summed E-state index contributed by atoms with van der Waals surface area (Å²) >= 11 is 0. The van der Waals surface area contributed by atoms with Crippen LogP contribution in [-0.4, -0.2) is 37.1 Å². The Morgan fingerprint density at radius 2 is 1.67 bits per heavy atom. The molecule has 1 N–H and O–H groups in total. The van der Waals surface area contributed by atoms with E-state index in [1.54, 1.807) is 12.1 Å². The van der Waals surface area contributed by atoms with Crippen LogP contribution >= 0.6 is 0 Å². The number of ether oxygens (including phenoxy) is 1. The molecule has 1 heterocycles. The first-order valence-corrected chi connectivity index (χ1v) is 10.3. The first-order chi connectivity index (χ1) is 14.3. The van der Waals surface area contributed by atoms with E-state index in [1.807, 2.05) is 23.1 Å². The average Bonchev–Trinajstić information content (AvgIpc) is 2.73. The normalized spacial score (nSPS) is 14.3. The Hall–Kier alpha value is -2.93. The maximum Gasteiger partial charge on any atom is 0.293 e. The Morgan fingerprint density at radius 3 is 2.20 bits per heavy atom. The topological polar surface area (TPSA) is 84.7 Å². The van der Waals surface area contributed by atoms with Crippen molar-refractivity contribution in [1.29, 1.82) is 0 Å². The summed E-state index contributed by atoms with van der Waals surface area (Å²) in [6, 6.07) is 10.7. The quantitative estimate of drug-likeness (QED) is 0.538. The zero-order chi connectivity index (χ0) is 21.8. The third kappa shape index (κ3) is 4.62. The van der Waals surface area contributed by atoms with E-state index in [0.717, 1.165) is 16.8 Å². The van der Waals surface area contributed by atoms with Crippen LogP contribution in [0.3, 0.4) is 0 Å². The molecule has 0 radical (unpaired) electrons. The van der Waals surface area contributed by atoms with Crippen molar-refractivity contribution in [1.82, 2.24) is 0 Å². The highest BCUT2D eigenvalue weighted by atomic mass is 16.6. The number of hydrogen-bond acceptors (Lipinski definition) is 5. The molecular formula is C23H29N3O4. The molecule has 0 atom stereocenters. The Morgan fingerprint density at radius 1 is 1.07 bits per heavy atom. The number of nitrogens with one attached hydrogen (secondary N) is 1. The summed E-state index contributed by atoms with van der Waals surface area (Å²) in [6.07, 6.45) is 0. The van der Waals surface area contributed by atoms with Crippen LogP contribution in [0.25, 0.3) is 0 Å². The number of amides is 1. The van der Waals surface area contributed by atoms with Gasteiger partial charge < -0.3 is 15.0 Å². The summed E-state index contributed by atoms with van der Waals surface area (Å²) in [4.78, 5) is 26.3. The summed E-state index contributed by atoms with van der Waals surface area (Å²) in [5, 5.41) is 14.7. The fourth-order valence-corrected chi connectivity index (χ4v) is 3.76. The molecule has 0 unspecified atom stereocenters. The van der Waals surface area contributed by atoms with E-state index in [0.29, 0.717) is 32.0 Å². The smallest absolute Gasteiger partial charge is 0.293 e. The molecule has 7 nitrogen and oxygen atoms in total. The van der Waals surface area contributed by atoms with Gasteiger partial charge in [0.2, 0.25) is 0 Å². The summed E-state index contributed by atoms with van der Waals surface area (Å²) in [5.41, 5.74) is 3.62. The van der Waals surface area contributed by atoms with Gasteiger partial charge in [0.25, 0.3) is 11.6 Å². The Kier molecular flexibility index (Phi) is 6.72. The van der Waals surface area contributed by atoms with Crippen LogP contribution in [0.5, 0.6) is 0 Å². The third-order valence-corrected chi connectivity index (χ3v) is 5.40. The number of nitrogens with zero attached hydrogens (tertiary/aromatic N) is 2. The fourth-order valence-electron chi connectivity index (χ4n) is 3.76. The van der Waals surface area contributed by atoms with Gasteiger partial charge in [-0.25, -0.2) is 0 Å². The molecule has 0 bridgehead atoms. The molecule has 0 aromatic heterocycles. The number of para-hydroxylation sites is 1. The van der Waals surface area contributed by atoms with Gasteiger partial charge in [0, 0.05) is 30.4 Å². The zero-order valence-corrected chi connectivity index (χ0v) is 18.0. The Balaban J connectivity index is 1.95. The number of anilines is 2. The molecule has 1 aliphatic heterocycles. The minimum absolute atomic E-state index is 0.0641. The molecule has 3 rings (SSSR count). The van der Waals surface area contributed by atoms with Gasteiger partial charge in [0.1, 0.15) is 5.69 Å². The number of nitro benzene ring substituents is 1. The van der Waals surface area contributed by atoms with Gasteiger partial charge in [0.05, 0.1) is 18.1 Å². The summed E-state index contributed by atoms with van der Waals surface area (Å²) in [6.45, 7) is 10.6. The lowest BCUT2D eigenvalue weighted by atomic mass is 9.92. The number of carbonyl (C=O) groups is 1. The lowest BCUT2D eigenvalue weighted by Crippen LogP contribution is -2.36. The molecule has 7 heteroatoms. The van der Waals surface area contributed by atoms with Crippen molar-refractivity contribution in [2.24, 2.45) is 0 Å². The van der Waals surface area contributed by atoms with Crippen LogP contribution < -0.4 is 10.2 Å². The first-order valence-electron chi connectivity index (χ1n) is 10.3. The molecular weight excluding hydrogens is 382 g/mol. The van der Waals surface area contributed by atoms with E-state index in [4.69, 9.17) is 4.74 Å². The number of nitro groups is 1. The number of morpholine rings is 1. The van der Waals surface area contributed by atoms with Gasteiger partial charge in [0.15, 0.2) is 0 Å². The van der Waals surface area contributed by atoms with Gasteiger partial charge in [-0.05, 0) is 35.1 Å². The van der Waals surface area contributed by atoms with Gasteiger partial charge >= 0.3 is 0 Å². The van der Waals surface area contributed by atoms with Crippen LogP contribution in [0.1, 0.15) is 61.0 Å². The molecule has 0 saturated carbocycles. The second-order valence-corrected chi connectivity index (χ2v) is 8.14. The van der Waals surface area contributed by atoms with E-state index in [1.165, 1.54) is 6.07 Å². The van der Waals surface area contributed by atoms with E-state index < -0.39 is 4.92 Å². The maximum absolute atomic E-state index is 13.1. The van der Waals surface area contributed by atoms with Crippen molar-refractivity contribution in [2.45, 2.75) is 39.5 Å². The van der Waals surface area contributed by atoms with E-state index in [-0.39, 0.29) is 29.0 Å². The highest BCUT2D eigenvalue weighted by molar-refractivity contribution is 6.06. The lowest BCUT2D eigenvalue weighted by molar-refractivity contribution is -0.384. The van der Waals surface area contributed by atoms with Crippen molar-refractivity contribution >= 4 is 23.0 Å². The molecule has 2 aromatic carbocycles. The summed E-state index contributed by atoms with van der Waals surface area (Å²) in [5.74, 6) is 0.121. The minimum Gasteiger partial charge on any atom is -0.378 e. The summed E-state index contributed by atoms with van der Waals surface area (Å²) < 4.78 is 5.34. The van der Waals surface area contributed by atoms with E-state index in [9.17, 15) is 14.9 Å². The van der Waals surface area contributed by atoms with Gasteiger partial charge in [-0.2, -0.15) is 0 Å². The number of hydrogen-bond donors (Lipinski definition) is 1. The Labute approximate surface area is 177 Å². The SMILES string of the molecule is CC(C)c1cccc(C(C)C)c1NC(=O)c1ccc(N2CCOCC2)c([N+](=O)[O-])c1. The highest BCUT2D eigenvalue weighted by Gasteiger charge is 2.24. The predicted molar refractivity (Wildman–Crippen MR) is 119 cm³/mol. The van der Waals surface area contributed by atoms with Crippen LogP contribution in [0, 0.1) is 10.1 Å². The van der Waals surface area contributed by atoms with Crippen LogP contribution in [0.15, 0.2) is 36.4 Å². The van der Waals surface area contributed by atoms with E-state index in [2.05, 4.69) is 33.0 Å². The third-order valence-electron chi connectivity index (χ3n) is 5.40. The van der Waals surface area contributed by atoms with Crippen molar-refractivity contribution < 1.29 is 14.5 Å². The number of carbonyl (C=O) groups excluding carboxylic acids is 1. The second kappa shape index (κ2) is 9.26. The standard InChI is InChI=1S/C23H29N3O4/c1-15(2)18-6-5-7-19(16(3)4)22(18)24-23(27)17-8-9-20(21(14-17)26(28)29)25-10-12-30-13-11-25/h5-9,14-16H,10-13H2,1-4H3,(H,24,27). The molecule has 1 aliphatic rings. The fraction of sp³-hybridized carbons (Fsp3) is 0.435. The van der Waals surface area contributed by atoms with Crippen LogP contribution in [-0.2, 0) is 4.74 Å². The first kappa shape index (κ1) is 21.8. The molecule has 1 fully saturated rings. The van der Waals surface area contributed by atoms with Crippen molar-refractivity contribution in [3.63, 3.8) is 0 Å². The molecule has 0 spiro atoms. The molecule has 0 aliphatic carbocycles. The van der Waals surface area contributed by atoms with Crippen molar-refractivity contribution in [3.05, 3.63) is 63.2 Å². The second-order valence-electron chi connectivity index (χ2n) is 8.14. The van der Waals surface area contributed by atoms with Crippen LogP contribution in [0.2, 0.25) is 0 Å². The largest absolute Gasteiger partial charge is 0.378 e. The van der Waals surface area contributed by atoms with Crippen molar-refractivity contribution in [2.75, 3.05) is 36.5 Å². The Bertz CT molecular complexity index is 908. The maximum atomic E-state index is 13.1. The molecule has 160 valence electrons. The zero-order valence-electron chi connectivity index (χ0n) is 18.0. The number of benzene rings is 2. The summed E-state index contributed by atoms with van der Waals surface area (Å²) in [7, 11) is 0. The van der Waals surface area contributed by atoms with Crippen LogP contribution in [0.4, 0.5) is 17.1 Å². The average molecular weight is 412 g/mol. The van der Waals surface area contributed by atoms with Gasteiger partial charge in [-0.1, -0.05) is 45.9 Å². The minimum atomic E-state index is -0.427. The lowest BCUT2D eigenvalue weighted by Gasteiger charge is -2.28. The highest BCUT2D eigenvalue weighted by Crippen LogP contribution is 2.34. The number of rotatable bonds is 6.